The van der Waals surface area contributed by atoms with Crippen molar-refractivity contribution in [2.75, 3.05) is 40.0 Å². The Balaban J connectivity index is 0. The predicted octanol–water partition coefficient (Wildman–Crippen LogP) is 0.877. The van der Waals surface area contributed by atoms with Crippen molar-refractivity contribution in [1.29, 1.82) is 0 Å². The number of methoxy groups -OCH3 is 1. The van der Waals surface area contributed by atoms with Crippen LogP contribution in [0.4, 0.5) is 0 Å². The van der Waals surface area contributed by atoms with Gasteiger partial charge in [-0.3, -0.25) is 0 Å². The Labute approximate surface area is 85.8 Å². The molecule has 0 saturated carbocycles. The molecule has 0 aliphatic carbocycles. The average molecular weight is 275 g/mol. The van der Waals surface area contributed by atoms with Crippen molar-refractivity contribution in [3.8, 4) is 0 Å². The molecular weight excluding hydrogens is 257 g/mol. The lowest BCUT2D eigenvalue weighted by atomic mass is 10.6. The van der Waals surface area contributed by atoms with Crippen LogP contribution in [0.15, 0.2) is 0 Å². The number of halogens is 1. The van der Waals surface area contributed by atoms with Crippen LogP contribution in [-0.2, 0) is 9.47 Å². The summed E-state index contributed by atoms with van der Waals surface area (Å²) in [5, 5.41) is 3.16. The molecule has 0 bridgehead atoms. The normalized spacial score (nSPS) is 9.27. The molecule has 3 nitrogen and oxygen atoms in total. The second-order valence-electron chi connectivity index (χ2n) is 1.96. The molecule has 0 amide bonds. The van der Waals surface area contributed by atoms with E-state index in [9.17, 15) is 0 Å². The second-order valence-corrected chi connectivity index (χ2v) is 1.96. The number of likely N-dealkylation sites (N-methyl/N-ethyl adjacent to an activating group) is 1. The Morgan fingerprint density at radius 2 is 1.91 bits per heavy atom. The van der Waals surface area contributed by atoms with E-state index in [-0.39, 0.29) is 24.0 Å². The first-order valence-corrected chi connectivity index (χ1v) is 3.69. The number of rotatable bonds is 7. The van der Waals surface area contributed by atoms with Crippen molar-refractivity contribution < 1.29 is 9.47 Å². The molecule has 0 saturated heterocycles. The largest absolute Gasteiger partial charge is 0.382 e. The summed E-state index contributed by atoms with van der Waals surface area (Å²) < 4.78 is 9.99. The van der Waals surface area contributed by atoms with E-state index in [0.29, 0.717) is 13.2 Å². The lowest BCUT2D eigenvalue weighted by Gasteiger charge is -2.02. The third kappa shape index (κ3) is 13.6. The van der Waals surface area contributed by atoms with E-state index in [1.54, 1.807) is 7.11 Å². The van der Waals surface area contributed by atoms with E-state index in [1.807, 2.05) is 0 Å². The summed E-state index contributed by atoms with van der Waals surface area (Å²) in [6.07, 6.45) is 0. The molecule has 70 valence electrons. The smallest absolute Gasteiger partial charge is 0.0700 e. The third-order valence-electron chi connectivity index (χ3n) is 1.10. The Morgan fingerprint density at radius 1 is 1.18 bits per heavy atom. The van der Waals surface area contributed by atoms with Crippen LogP contribution >= 0.6 is 24.0 Å². The lowest BCUT2D eigenvalue weighted by molar-refractivity contribution is 0.0722. The zero-order valence-corrected chi connectivity index (χ0v) is 9.59. The minimum Gasteiger partial charge on any atom is -0.382 e. The molecule has 0 aromatic rings. The molecule has 0 radical (unpaired) electrons. The van der Waals surface area contributed by atoms with Crippen LogP contribution in [0.1, 0.15) is 6.92 Å². The molecule has 0 aromatic carbocycles. The molecule has 0 atom stereocenters. The Hall–Kier alpha value is 0.610. The quantitative estimate of drug-likeness (QED) is 0.552. The van der Waals surface area contributed by atoms with Crippen LogP contribution in [0.5, 0.6) is 0 Å². The van der Waals surface area contributed by atoms with Gasteiger partial charge >= 0.3 is 0 Å². The lowest BCUT2D eigenvalue weighted by Crippen LogP contribution is -2.19. The monoisotopic (exact) mass is 275 g/mol. The summed E-state index contributed by atoms with van der Waals surface area (Å²) in [7, 11) is 1.67. The van der Waals surface area contributed by atoms with Crippen LogP contribution in [0.3, 0.4) is 0 Å². The molecule has 0 heterocycles. The van der Waals surface area contributed by atoms with Gasteiger partial charge in [-0.25, -0.2) is 0 Å². The molecule has 0 aliphatic rings. The van der Waals surface area contributed by atoms with E-state index >= 15 is 0 Å². The van der Waals surface area contributed by atoms with Crippen molar-refractivity contribution in [1.82, 2.24) is 5.32 Å². The maximum absolute atomic E-state index is 5.19. The number of hydrogen-bond acceptors (Lipinski definition) is 3. The highest BCUT2D eigenvalue weighted by Gasteiger charge is 1.85. The van der Waals surface area contributed by atoms with Crippen molar-refractivity contribution >= 4 is 24.0 Å². The fourth-order valence-corrected chi connectivity index (χ4v) is 0.565. The summed E-state index contributed by atoms with van der Waals surface area (Å²) in [5.41, 5.74) is 0. The topological polar surface area (TPSA) is 30.5 Å². The summed E-state index contributed by atoms with van der Waals surface area (Å²) in [6, 6.07) is 0. The first-order valence-electron chi connectivity index (χ1n) is 3.69. The number of ether oxygens (including phenoxy) is 2. The summed E-state index contributed by atoms with van der Waals surface area (Å²) in [6.45, 7) is 6.17. The van der Waals surface area contributed by atoms with Gasteiger partial charge in [0.2, 0.25) is 0 Å². The highest BCUT2D eigenvalue weighted by molar-refractivity contribution is 14.0. The van der Waals surface area contributed by atoms with Crippen LogP contribution in [0.25, 0.3) is 0 Å². The average Bonchev–Trinajstić information content (AvgIpc) is 1.97. The van der Waals surface area contributed by atoms with Crippen molar-refractivity contribution in [2.45, 2.75) is 6.92 Å². The molecule has 0 spiro atoms. The molecule has 1 N–H and O–H groups in total. The van der Waals surface area contributed by atoms with E-state index in [1.165, 1.54) is 0 Å². The maximum atomic E-state index is 5.19. The van der Waals surface area contributed by atoms with Gasteiger partial charge in [0.05, 0.1) is 19.8 Å². The van der Waals surface area contributed by atoms with Crippen LogP contribution < -0.4 is 5.32 Å². The maximum Gasteiger partial charge on any atom is 0.0700 e. The van der Waals surface area contributed by atoms with Crippen molar-refractivity contribution in [3.63, 3.8) is 0 Å². The minimum atomic E-state index is 0. The van der Waals surface area contributed by atoms with Gasteiger partial charge in [-0.05, 0) is 6.54 Å². The first kappa shape index (κ1) is 14.2. The second kappa shape index (κ2) is 13.2. The number of nitrogens with one attached hydrogen (secondary N) is 1. The van der Waals surface area contributed by atoms with Gasteiger partial charge in [-0.1, -0.05) is 6.92 Å². The van der Waals surface area contributed by atoms with Gasteiger partial charge in [0.15, 0.2) is 0 Å². The van der Waals surface area contributed by atoms with Crippen LogP contribution in [0.2, 0.25) is 0 Å². The number of hydrogen-bond donors (Lipinski definition) is 1. The van der Waals surface area contributed by atoms with Crippen molar-refractivity contribution in [2.24, 2.45) is 0 Å². The van der Waals surface area contributed by atoms with Gasteiger partial charge in [-0.2, -0.15) is 0 Å². The van der Waals surface area contributed by atoms with E-state index < -0.39 is 0 Å². The molecule has 0 aliphatic heterocycles. The van der Waals surface area contributed by atoms with E-state index in [2.05, 4.69) is 12.2 Å². The Morgan fingerprint density at radius 3 is 2.45 bits per heavy atom. The Bertz CT molecular complexity index is 56.4. The fourth-order valence-electron chi connectivity index (χ4n) is 0.565. The molecule has 0 fully saturated rings. The summed E-state index contributed by atoms with van der Waals surface area (Å²) >= 11 is 0. The minimum absolute atomic E-state index is 0. The molecule has 0 rings (SSSR count). The zero-order chi connectivity index (χ0) is 7.66. The fraction of sp³-hybridized carbons (Fsp3) is 1.00. The molecule has 4 heteroatoms. The standard InChI is InChI=1S/C7H17NO2.HI/c1-3-8-4-5-10-7-6-9-2;/h8H,3-7H2,1-2H3;1H. The third-order valence-corrected chi connectivity index (χ3v) is 1.10. The first-order chi connectivity index (χ1) is 4.91. The van der Waals surface area contributed by atoms with Crippen LogP contribution in [0, 0.1) is 0 Å². The predicted molar refractivity (Wildman–Crippen MR) is 56.7 cm³/mol. The van der Waals surface area contributed by atoms with Gasteiger partial charge in [0.25, 0.3) is 0 Å². The van der Waals surface area contributed by atoms with Gasteiger partial charge in [0, 0.05) is 13.7 Å². The van der Waals surface area contributed by atoms with Gasteiger partial charge < -0.3 is 14.8 Å². The van der Waals surface area contributed by atoms with Gasteiger partial charge in [-0.15, -0.1) is 24.0 Å². The van der Waals surface area contributed by atoms with E-state index in [4.69, 9.17) is 9.47 Å². The molecule has 0 unspecified atom stereocenters. The highest BCUT2D eigenvalue weighted by Crippen LogP contribution is 1.73. The SMILES string of the molecule is CCNCCOCCOC.I. The summed E-state index contributed by atoms with van der Waals surface area (Å²) in [5.74, 6) is 0. The van der Waals surface area contributed by atoms with Crippen molar-refractivity contribution in [3.05, 3.63) is 0 Å². The van der Waals surface area contributed by atoms with E-state index in [0.717, 1.165) is 19.7 Å². The van der Waals surface area contributed by atoms with Crippen LogP contribution in [-0.4, -0.2) is 40.0 Å². The molecule has 0 aromatic heterocycles. The molecular formula is C7H18INO2. The summed E-state index contributed by atoms with van der Waals surface area (Å²) in [4.78, 5) is 0. The highest BCUT2D eigenvalue weighted by atomic mass is 127. The Kier molecular flexibility index (Phi) is 17.0. The zero-order valence-electron chi connectivity index (χ0n) is 7.26. The van der Waals surface area contributed by atoms with Gasteiger partial charge in [0.1, 0.15) is 0 Å². The molecule has 11 heavy (non-hydrogen) atoms.